The third-order valence-electron chi connectivity index (χ3n) is 1.62. The van der Waals surface area contributed by atoms with E-state index in [9.17, 15) is 0 Å². The van der Waals surface area contributed by atoms with Gasteiger partial charge in [-0.2, -0.15) is 0 Å². The molecule has 3 heteroatoms. The normalized spacial score (nSPS) is 13.0. The smallest absolute Gasteiger partial charge is 0.125 e. The Morgan fingerprint density at radius 3 is 2.36 bits per heavy atom. The van der Waals surface area contributed by atoms with Crippen LogP contribution in [0, 0.1) is 6.92 Å². The fraction of sp³-hybridized carbons (Fsp3) is 0.500. The highest BCUT2D eigenvalue weighted by Crippen LogP contribution is 2.12. The summed E-state index contributed by atoms with van der Waals surface area (Å²) >= 11 is 0. The number of aryl methyl sites for hydroxylation is 1. The summed E-state index contributed by atoms with van der Waals surface area (Å²) in [7, 11) is 1.67. The molecule has 1 atom stereocenters. The van der Waals surface area contributed by atoms with E-state index in [1.807, 2.05) is 13.8 Å². The molecule has 1 heterocycles. The van der Waals surface area contributed by atoms with Gasteiger partial charge in [0.15, 0.2) is 0 Å². The molecule has 0 saturated heterocycles. The highest BCUT2D eigenvalue weighted by Gasteiger charge is 2.02. The molecule has 1 rings (SSSR count). The standard InChI is InChI=1S/C8H12N2O/c1-6(11-3)8-4-9-7(2)10-5-8/h4-6H,1-3H3. The predicted molar refractivity (Wildman–Crippen MR) is 42.2 cm³/mol. The maximum absolute atomic E-state index is 5.10. The Morgan fingerprint density at radius 1 is 1.36 bits per heavy atom. The van der Waals surface area contributed by atoms with Gasteiger partial charge in [0.05, 0.1) is 6.10 Å². The fourth-order valence-corrected chi connectivity index (χ4v) is 0.749. The number of hydrogen-bond acceptors (Lipinski definition) is 3. The number of ether oxygens (including phenoxy) is 1. The van der Waals surface area contributed by atoms with E-state index in [1.165, 1.54) is 0 Å². The van der Waals surface area contributed by atoms with Crippen molar-refractivity contribution in [3.63, 3.8) is 0 Å². The predicted octanol–water partition coefficient (Wildman–Crippen LogP) is 1.49. The maximum Gasteiger partial charge on any atom is 0.125 e. The summed E-state index contributed by atoms with van der Waals surface area (Å²) in [4.78, 5) is 8.11. The summed E-state index contributed by atoms with van der Waals surface area (Å²) in [6.45, 7) is 3.83. The van der Waals surface area contributed by atoms with Crippen LogP contribution in [0.2, 0.25) is 0 Å². The van der Waals surface area contributed by atoms with Gasteiger partial charge in [-0.25, -0.2) is 9.97 Å². The van der Waals surface area contributed by atoms with Crippen molar-refractivity contribution in [2.24, 2.45) is 0 Å². The summed E-state index contributed by atoms with van der Waals surface area (Å²) in [5, 5.41) is 0. The molecule has 3 nitrogen and oxygen atoms in total. The molecule has 0 aromatic carbocycles. The second kappa shape index (κ2) is 3.44. The molecule has 0 aliphatic heterocycles. The lowest BCUT2D eigenvalue weighted by atomic mass is 10.2. The zero-order chi connectivity index (χ0) is 8.27. The van der Waals surface area contributed by atoms with Crippen LogP contribution in [0.3, 0.4) is 0 Å². The molecule has 60 valence electrons. The molecular formula is C8H12N2O. The third kappa shape index (κ3) is 1.98. The minimum absolute atomic E-state index is 0.0793. The van der Waals surface area contributed by atoms with Crippen molar-refractivity contribution in [2.75, 3.05) is 7.11 Å². The molecule has 1 aromatic heterocycles. The largest absolute Gasteiger partial charge is 0.377 e. The van der Waals surface area contributed by atoms with Crippen LogP contribution in [-0.2, 0) is 4.74 Å². The molecule has 0 amide bonds. The van der Waals surface area contributed by atoms with Gasteiger partial charge in [0.25, 0.3) is 0 Å². The Kier molecular flexibility index (Phi) is 2.54. The molecule has 0 fully saturated rings. The van der Waals surface area contributed by atoms with Crippen LogP contribution in [0.4, 0.5) is 0 Å². The van der Waals surface area contributed by atoms with Gasteiger partial charge in [-0.1, -0.05) is 0 Å². The molecule has 0 aliphatic rings. The van der Waals surface area contributed by atoms with Crippen molar-refractivity contribution >= 4 is 0 Å². The number of methoxy groups -OCH3 is 1. The molecule has 0 radical (unpaired) electrons. The van der Waals surface area contributed by atoms with Crippen molar-refractivity contribution in [1.82, 2.24) is 9.97 Å². The molecule has 1 aromatic rings. The molecule has 0 N–H and O–H groups in total. The summed E-state index contributed by atoms with van der Waals surface area (Å²) in [6.07, 6.45) is 3.66. The van der Waals surface area contributed by atoms with E-state index in [0.717, 1.165) is 11.4 Å². The van der Waals surface area contributed by atoms with Crippen LogP contribution in [0.25, 0.3) is 0 Å². The Morgan fingerprint density at radius 2 is 1.91 bits per heavy atom. The maximum atomic E-state index is 5.10. The Labute approximate surface area is 66.4 Å². The zero-order valence-electron chi connectivity index (χ0n) is 7.03. The van der Waals surface area contributed by atoms with Gasteiger partial charge in [-0.3, -0.25) is 0 Å². The highest BCUT2D eigenvalue weighted by atomic mass is 16.5. The Bertz CT molecular complexity index is 220. The minimum Gasteiger partial charge on any atom is -0.377 e. The van der Waals surface area contributed by atoms with E-state index >= 15 is 0 Å². The number of rotatable bonds is 2. The van der Waals surface area contributed by atoms with E-state index in [-0.39, 0.29) is 6.10 Å². The summed E-state index contributed by atoms with van der Waals surface area (Å²) < 4.78 is 5.10. The summed E-state index contributed by atoms with van der Waals surface area (Å²) in [5.41, 5.74) is 1.01. The molecule has 0 spiro atoms. The monoisotopic (exact) mass is 152 g/mol. The lowest BCUT2D eigenvalue weighted by Crippen LogP contribution is -1.98. The van der Waals surface area contributed by atoms with Crippen LogP contribution >= 0.6 is 0 Å². The zero-order valence-corrected chi connectivity index (χ0v) is 7.03. The Balaban J connectivity index is 2.81. The van der Waals surface area contributed by atoms with Crippen molar-refractivity contribution < 1.29 is 4.74 Å². The van der Waals surface area contributed by atoms with Crippen LogP contribution in [0.15, 0.2) is 12.4 Å². The second-order valence-electron chi connectivity index (χ2n) is 2.44. The van der Waals surface area contributed by atoms with Crippen molar-refractivity contribution in [2.45, 2.75) is 20.0 Å². The third-order valence-corrected chi connectivity index (χ3v) is 1.62. The lowest BCUT2D eigenvalue weighted by molar-refractivity contribution is 0.119. The SMILES string of the molecule is COC(C)c1cnc(C)nc1. The molecule has 0 saturated carbocycles. The first kappa shape index (κ1) is 8.14. The Hall–Kier alpha value is -0.960. The molecule has 0 aliphatic carbocycles. The first-order valence-corrected chi connectivity index (χ1v) is 3.55. The van der Waals surface area contributed by atoms with Gasteiger partial charge in [0.2, 0.25) is 0 Å². The van der Waals surface area contributed by atoms with Crippen LogP contribution in [0.1, 0.15) is 24.4 Å². The molecule has 11 heavy (non-hydrogen) atoms. The van der Waals surface area contributed by atoms with E-state index < -0.39 is 0 Å². The van der Waals surface area contributed by atoms with Gasteiger partial charge < -0.3 is 4.74 Å². The van der Waals surface area contributed by atoms with Crippen molar-refractivity contribution in [3.05, 3.63) is 23.8 Å². The number of hydrogen-bond donors (Lipinski definition) is 0. The van der Waals surface area contributed by atoms with Gasteiger partial charge in [0, 0.05) is 25.1 Å². The topological polar surface area (TPSA) is 35.0 Å². The van der Waals surface area contributed by atoms with Gasteiger partial charge in [-0.05, 0) is 13.8 Å². The van der Waals surface area contributed by atoms with Crippen LogP contribution in [0.5, 0.6) is 0 Å². The van der Waals surface area contributed by atoms with Crippen molar-refractivity contribution in [3.8, 4) is 0 Å². The van der Waals surface area contributed by atoms with Gasteiger partial charge >= 0.3 is 0 Å². The average Bonchev–Trinajstić information content (AvgIpc) is 2.05. The van der Waals surface area contributed by atoms with E-state index in [0.29, 0.717) is 0 Å². The molecule has 0 bridgehead atoms. The summed E-state index contributed by atoms with van der Waals surface area (Å²) in [6, 6.07) is 0. The van der Waals surface area contributed by atoms with Crippen LogP contribution < -0.4 is 0 Å². The molecular weight excluding hydrogens is 140 g/mol. The quantitative estimate of drug-likeness (QED) is 0.644. The first-order valence-electron chi connectivity index (χ1n) is 3.55. The van der Waals surface area contributed by atoms with E-state index in [4.69, 9.17) is 4.74 Å². The summed E-state index contributed by atoms with van der Waals surface area (Å²) in [5.74, 6) is 0.789. The number of nitrogens with zero attached hydrogens (tertiary/aromatic N) is 2. The number of aromatic nitrogens is 2. The first-order chi connectivity index (χ1) is 5.24. The minimum atomic E-state index is 0.0793. The highest BCUT2D eigenvalue weighted by molar-refractivity contribution is 5.07. The fourth-order valence-electron chi connectivity index (χ4n) is 0.749. The van der Waals surface area contributed by atoms with Gasteiger partial charge in [0.1, 0.15) is 5.82 Å². The van der Waals surface area contributed by atoms with E-state index in [1.54, 1.807) is 19.5 Å². The van der Waals surface area contributed by atoms with E-state index in [2.05, 4.69) is 9.97 Å². The lowest BCUT2D eigenvalue weighted by Gasteiger charge is -2.07. The van der Waals surface area contributed by atoms with Crippen molar-refractivity contribution in [1.29, 1.82) is 0 Å². The average molecular weight is 152 g/mol. The van der Waals surface area contributed by atoms with Gasteiger partial charge in [-0.15, -0.1) is 0 Å². The second-order valence-corrected chi connectivity index (χ2v) is 2.44. The van der Waals surface area contributed by atoms with Crippen LogP contribution in [-0.4, -0.2) is 17.1 Å². The molecule has 1 unspecified atom stereocenters.